The number of hydrogen-bond donors (Lipinski definition) is 3. The van der Waals surface area contributed by atoms with Crippen molar-refractivity contribution < 1.29 is 27.2 Å². The van der Waals surface area contributed by atoms with E-state index in [4.69, 9.17) is 0 Å². The lowest BCUT2D eigenvalue weighted by Gasteiger charge is -2.36. The number of carbonyl (C=O) groups is 2. The first kappa shape index (κ1) is 27.1. The van der Waals surface area contributed by atoms with Crippen molar-refractivity contribution in [2.45, 2.75) is 56.8 Å². The Morgan fingerprint density at radius 2 is 1.66 bits per heavy atom. The molecule has 0 bridgehead atoms. The highest BCUT2D eigenvalue weighted by atomic mass is 19.4. The molecule has 3 N–H and O–H groups in total. The lowest BCUT2D eigenvalue weighted by atomic mass is 9.79. The van der Waals surface area contributed by atoms with Crippen LogP contribution in [0.2, 0.25) is 0 Å². The highest BCUT2D eigenvalue weighted by Gasteiger charge is 2.41. The molecule has 0 saturated heterocycles. The van der Waals surface area contributed by atoms with Crippen molar-refractivity contribution in [1.29, 1.82) is 0 Å². The maximum Gasteiger partial charge on any atom is 0.416 e. The van der Waals surface area contributed by atoms with Crippen LogP contribution in [0.15, 0.2) is 66.9 Å². The fourth-order valence-corrected chi connectivity index (χ4v) is 4.83. The first-order valence-electron chi connectivity index (χ1n) is 12.3. The minimum atomic E-state index is -4.82. The zero-order chi connectivity index (χ0) is 27.3. The van der Waals surface area contributed by atoms with Crippen molar-refractivity contribution in [1.82, 2.24) is 15.6 Å². The lowest BCUT2D eigenvalue weighted by molar-refractivity contribution is -0.137. The van der Waals surface area contributed by atoms with Gasteiger partial charge < -0.3 is 16.0 Å². The predicted octanol–water partition coefficient (Wildman–Crippen LogP) is 5.93. The van der Waals surface area contributed by atoms with Crippen LogP contribution in [-0.2, 0) is 22.9 Å². The fourth-order valence-electron chi connectivity index (χ4n) is 4.83. The minimum absolute atomic E-state index is 0.0147. The van der Waals surface area contributed by atoms with Crippen LogP contribution in [-0.4, -0.2) is 23.0 Å². The van der Waals surface area contributed by atoms with E-state index in [-0.39, 0.29) is 29.6 Å². The quantitative estimate of drug-likeness (QED) is 0.333. The molecule has 38 heavy (non-hydrogen) atoms. The molecular weight excluding hydrogens is 500 g/mol. The van der Waals surface area contributed by atoms with Gasteiger partial charge in [0.2, 0.25) is 5.91 Å². The Bertz CT molecular complexity index is 1280. The molecule has 1 fully saturated rings. The number of benzene rings is 2. The van der Waals surface area contributed by atoms with Gasteiger partial charge in [-0.05, 0) is 54.3 Å². The van der Waals surface area contributed by atoms with Crippen LogP contribution < -0.4 is 16.0 Å². The summed E-state index contributed by atoms with van der Waals surface area (Å²) < 4.78 is 56.0. The Morgan fingerprint density at radius 1 is 0.974 bits per heavy atom. The maximum atomic E-state index is 14.7. The molecule has 0 radical (unpaired) electrons. The molecule has 6 nitrogen and oxygen atoms in total. The number of urea groups is 1. The average Bonchev–Trinajstić information content (AvgIpc) is 3.36. The molecule has 0 spiro atoms. The number of aromatic nitrogens is 1. The highest BCUT2D eigenvalue weighted by molar-refractivity contribution is 5.88. The van der Waals surface area contributed by atoms with Crippen LogP contribution in [0, 0.1) is 5.82 Å². The summed E-state index contributed by atoms with van der Waals surface area (Å²) in [6.45, 7) is 1.33. The molecule has 1 atom stereocenters. The van der Waals surface area contributed by atoms with Gasteiger partial charge in [-0.25, -0.2) is 9.18 Å². The SMILES string of the molecule is CC(=O)Nc1ccc(C(Cc2ccccc2)(NC(=O)NC2CCCC2)c2cc(F)cc(C(F)(F)F)c2)nc1. The number of alkyl halides is 3. The van der Waals surface area contributed by atoms with E-state index < -0.39 is 29.1 Å². The maximum absolute atomic E-state index is 14.7. The van der Waals surface area contributed by atoms with Gasteiger partial charge in [0.15, 0.2) is 0 Å². The van der Waals surface area contributed by atoms with Gasteiger partial charge in [0.05, 0.1) is 23.1 Å². The van der Waals surface area contributed by atoms with Gasteiger partial charge in [0.25, 0.3) is 0 Å². The van der Waals surface area contributed by atoms with Gasteiger partial charge in [0, 0.05) is 19.4 Å². The van der Waals surface area contributed by atoms with Gasteiger partial charge in [-0.3, -0.25) is 9.78 Å². The number of anilines is 1. The molecule has 1 unspecified atom stereocenters. The monoisotopic (exact) mass is 528 g/mol. The summed E-state index contributed by atoms with van der Waals surface area (Å²) in [5.74, 6) is -1.43. The lowest BCUT2D eigenvalue weighted by Crippen LogP contribution is -2.54. The molecule has 3 amide bonds. The summed E-state index contributed by atoms with van der Waals surface area (Å²) in [4.78, 5) is 29.2. The molecule has 2 aromatic carbocycles. The normalized spacial score (nSPS) is 15.5. The smallest absolute Gasteiger partial charge is 0.335 e. The number of nitrogens with zero attached hydrogens (tertiary/aromatic N) is 1. The van der Waals surface area contributed by atoms with Crippen molar-refractivity contribution >= 4 is 17.6 Å². The molecule has 1 aliphatic rings. The third-order valence-electron chi connectivity index (χ3n) is 6.57. The molecular formula is C28H28F4N4O2. The topological polar surface area (TPSA) is 83.1 Å². The first-order valence-corrected chi connectivity index (χ1v) is 12.3. The Labute approximate surface area is 217 Å². The molecule has 1 aromatic heterocycles. The average molecular weight is 529 g/mol. The van der Waals surface area contributed by atoms with Crippen LogP contribution in [0.3, 0.4) is 0 Å². The Balaban J connectivity index is 1.89. The van der Waals surface area contributed by atoms with Crippen LogP contribution in [0.5, 0.6) is 0 Å². The van der Waals surface area contributed by atoms with Crippen molar-refractivity contribution in [3.63, 3.8) is 0 Å². The molecule has 10 heteroatoms. The minimum Gasteiger partial charge on any atom is -0.335 e. The van der Waals surface area contributed by atoms with Crippen molar-refractivity contribution in [2.75, 3.05) is 5.32 Å². The summed E-state index contributed by atoms with van der Waals surface area (Å²) in [5, 5.41) is 8.37. The predicted molar refractivity (Wildman–Crippen MR) is 135 cm³/mol. The second kappa shape index (κ2) is 11.2. The van der Waals surface area contributed by atoms with E-state index in [1.165, 1.54) is 25.3 Å². The van der Waals surface area contributed by atoms with Gasteiger partial charge in [-0.2, -0.15) is 13.2 Å². The first-order chi connectivity index (χ1) is 18.0. The summed E-state index contributed by atoms with van der Waals surface area (Å²) in [6, 6.07) is 13.4. The van der Waals surface area contributed by atoms with Gasteiger partial charge in [-0.1, -0.05) is 43.2 Å². The Hall–Kier alpha value is -3.95. The molecule has 4 rings (SSSR count). The summed E-state index contributed by atoms with van der Waals surface area (Å²) in [7, 11) is 0. The standard InChI is InChI=1S/C28H28F4N4O2/c1-18(37)34-24-11-12-25(33-17-24)27(16-19-7-3-2-4-8-19,36-26(38)35-23-9-5-6-10-23)20-13-21(28(30,31)32)15-22(29)14-20/h2-4,7-8,11-15,17,23H,5-6,9-10,16H2,1H3,(H,34,37)(H2,35,36,38). The van der Waals surface area contributed by atoms with Crippen LogP contribution in [0.25, 0.3) is 0 Å². The number of rotatable bonds is 7. The molecule has 0 aliphatic heterocycles. The molecule has 1 aliphatic carbocycles. The zero-order valence-electron chi connectivity index (χ0n) is 20.7. The molecule has 1 saturated carbocycles. The van der Waals surface area contributed by atoms with Crippen molar-refractivity contribution in [3.8, 4) is 0 Å². The van der Waals surface area contributed by atoms with Gasteiger partial charge in [-0.15, -0.1) is 0 Å². The highest BCUT2D eigenvalue weighted by Crippen LogP contribution is 2.38. The van der Waals surface area contributed by atoms with E-state index in [1.54, 1.807) is 30.3 Å². The number of hydrogen-bond acceptors (Lipinski definition) is 3. The van der Waals surface area contributed by atoms with Crippen LogP contribution in [0.1, 0.15) is 55.0 Å². The number of amides is 3. The molecule has 200 valence electrons. The third kappa shape index (κ3) is 6.48. The molecule has 3 aromatic rings. The summed E-state index contributed by atoms with van der Waals surface area (Å²) in [5.41, 5.74) is -1.76. The van der Waals surface area contributed by atoms with Crippen molar-refractivity contribution in [3.05, 3.63) is 95.1 Å². The largest absolute Gasteiger partial charge is 0.416 e. The Morgan fingerprint density at radius 3 is 2.26 bits per heavy atom. The summed E-state index contributed by atoms with van der Waals surface area (Å²) in [6.07, 6.45) is 0.0262. The third-order valence-corrected chi connectivity index (χ3v) is 6.57. The number of nitrogens with one attached hydrogen (secondary N) is 3. The number of pyridine rings is 1. The van der Waals surface area contributed by atoms with E-state index in [1.807, 2.05) is 0 Å². The Kier molecular flexibility index (Phi) is 7.99. The van der Waals surface area contributed by atoms with Crippen LogP contribution >= 0.6 is 0 Å². The molecule has 1 heterocycles. The second-order valence-electron chi connectivity index (χ2n) is 9.49. The van der Waals surface area contributed by atoms with E-state index in [0.717, 1.165) is 37.8 Å². The second-order valence-corrected chi connectivity index (χ2v) is 9.49. The van der Waals surface area contributed by atoms with E-state index in [2.05, 4.69) is 20.9 Å². The van der Waals surface area contributed by atoms with E-state index in [0.29, 0.717) is 17.3 Å². The van der Waals surface area contributed by atoms with E-state index >= 15 is 0 Å². The number of halogens is 4. The van der Waals surface area contributed by atoms with Gasteiger partial charge >= 0.3 is 12.2 Å². The number of carbonyl (C=O) groups excluding carboxylic acids is 2. The van der Waals surface area contributed by atoms with Crippen molar-refractivity contribution in [2.24, 2.45) is 0 Å². The fraction of sp³-hybridized carbons (Fsp3) is 0.321. The van der Waals surface area contributed by atoms with Crippen LogP contribution in [0.4, 0.5) is 28.0 Å². The van der Waals surface area contributed by atoms with Gasteiger partial charge in [0.1, 0.15) is 11.4 Å². The summed E-state index contributed by atoms with van der Waals surface area (Å²) >= 11 is 0. The zero-order valence-corrected chi connectivity index (χ0v) is 20.7. The van der Waals surface area contributed by atoms with E-state index in [9.17, 15) is 27.2 Å².